The lowest BCUT2D eigenvalue weighted by Gasteiger charge is -2.11. The smallest absolute Gasteiger partial charge is 0.343 e. The average Bonchev–Trinajstić information content (AvgIpc) is 2.75. The van der Waals surface area contributed by atoms with Crippen LogP contribution in [0.2, 0.25) is 0 Å². The van der Waals surface area contributed by atoms with Crippen molar-refractivity contribution in [1.29, 1.82) is 0 Å². The Kier molecular flexibility index (Phi) is 3.49. The van der Waals surface area contributed by atoms with Gasteiger partial charge in [0.2, 0.25) is 0 Å². The highest BCUT2D eigenvalue weighted by atomic mass is 16.6. The molecule has 1 unspecified atom stereocenters. The third-order valence-corrected chi connectivity index (χ3v) is 3.96. The number of rotatable bonds is 2. The molecule has 0 saturated carbocycles. The number of hydrogen-bond acceptors (Lipinski definition) is 3. The summed E-state index contributed by atoms with van der Waals surface area (Å²) in [6.07, 6.45) is -0.719. The maximum atomic E-state index is 12.3. The molecule has 1 aliphatic heterocycles. The van der Waals surface area contributed by atoms with Gasteiger partial charge < -0.3 is 9.84 Å². The molecule has 3 heteroatoms. The average molecular weight is 294 g/mol. The standard InChI is InChI=1S/C19H18O3/c1-11-9-12(2)15(13(3)10-11)16-17(20)18(22-19(16)21)14-7-5-4-6-8-14/h4-10,18,20H,1-3H3. The molecular formula is C19H18O3. The molecule has 0 spiro atoms. The first-order valence-corrected chi connectivity index (χ1v) is 7.26. The zero-order valence-electron chi connectivity index (χ0n) is 12.9. The number of aliphatic hydroxyl groups is 1. The van der Waals surface area contributed by atoms with Crippen molar-refractivity contribution in [2.75, 3.05) is 0 Å². The Morgan fingerprint density at radius 2 is 1.59 bits per heavy atom. The van der Waals surface area contributed by atoms with Crippen LogP contribution >= 0.6 is 0 Å². The molecule has 2 aromatic rings. The summed E-state index contributed by atoms with van der Waals surface area (Å²) >= 11 is 0. The zero-order chi connectivity index (χ0) is 15.9. The number of cyclic esters (lactones) is 1. The van der Waals surface area contributed by atoms with Crippen molar-refractivity contribution in [1.82, 2.24) is 0 Å². The molecule has 1 aliphatic rings. The van der Waals surface area contributed by atoms with E-state index in [0.29, 0.717) is 0 Å². The lowest BCUT2D eigenvalue weighted by atomic mass is 9.92. The van der Waals surface area contributed by atoms with Gasteiger partial charge in [0.1, 0.15) is 5.57 Å². The van der Waals surface area contributed by atoms with Crippen LogP contribution in [0.25, 0.3) is 5.57 Å². The first-order valence-electron chi connectivity index (χ1n) is 7.26. The van der Waals surface area contributed by atoms with Gasteiger partial charge in [-0.2, -0.15) is 0 Å². The molecule has 2 aromatic carbocycles. The predicted molar refractivity (Wildman–Crippen MR) is 85.5 cm³/mol. The lowest BCUT2D eigenvalue weighted by molar-refractivity contribution is -0.138. The largest absolute Gasteiger partial charge is 0.507 e. The minimum Gasteiger partial charge on any atom is -0.507 e. The van der Waals surface area contributed by atoms with Crippen LogP contribution < -0.4 is 0 Å². The van der Waals surface area contributed by atoms with Crippen LogP contribution in [-0.2, 0) is 9.53 Å². The maximum Gasteiger partial charge on any atom is 0.343 e. The molecule has 0 aromatic heterocycles. The normalized spacial score (nSPS) is 17.8. The van der Waals surface area contributed by atoms with Crippen LogP contribution in [0.3, 0.4) is 0 Å². The second kappa shape index (κ2) is 5.34. The fraction of sp³-hybridized carbons (Fsp3) is 0.211. The van der Waals surface area contributed by atoms with E-state index >= 15 is 0 Å². The quantitative estimate of drug-likeness (QED) is 0.845. The van der Waals surface area contributed by atoms with Gasteiger partial charge >= 0.3 is 5.97 Å². The van der Waals surface area contributed by atoms with E-state index in [2.05, 4.69) is 0 Å². The van der Waals surface area contributed by atoms with Crippen molar-refractivity contribution in [2.45, 2.75) is 26.9 Å². The molecule has 22 heavy (non-hydrogen) atoms. The number of benzene rings is 2. The molecule has 1 N–H and O–H groups in total. The highest BCUT2D eigenvalue weighted by molar-refractivity contribution is 6.20. The van der Waals surface area contributed by atoms with Crippen molar-refractivity contribution >= 4 is 11.5 Å². The van der Waals surface area contributed by atoms with Gasteiger partial charge in [-0.25, -0.2) is 4.79 Å². The highest BCUT2D eigenvalue weighted by Gasteiger charge is 2.37. The van der Waals surface area contributed by atoms with Gasteiger partial charge in [0.25, 0.3) is 0 Å². The van der Waals surface area contributed by atoms with Gasteiger partial charge in [-0.3, -0.25) is 0 Å². The summed E-state index contributed by atoms with van der Waals surface area (Å²) in [4.78, 5) is 12.3. The summed E-state index contributed by atoms with van der Waals surface area (Å²) in [6, 6.07) is 13.3. The molecule has 3 nitrogen and oxygen atoms in total. The van der Waals surface area contributed by atoms with E-state index in [1.165, 1.54) is 0 Å². The molecule has 1 heterocycles. The summed E-state index contributed by atoms with van der Waals surface area (Å²) in [5.41, 5.74) is 4.88. The third-order valence-electron chi connectivity index (χ3n) is 3.96. The summed E-state index contributed by atoms with van der Waals surface area (Å²) in [5.74, 6) is -0.479. The van der Waals surface area contributed by atoms with Crippen LogP contribution in [0, 0.1) is 20.8 Å². The molecule has 3 rings (SSSR count). The number of esters is 1. The molecule has 0 saturated heterocycles. The predicted octanol–water partition coefficient (Wildman–Crippen LogP) is 4.18. The zero-order valence-corrected chi connectivity index (χ0v) is 12.9. The van der Waals surface area contributed by atoms with E-state index in [9.17, 15) is 9.90 Å². The van der Waals surface area contributed by atoms with Gasteiger partial charge in [0, 0.05) is 5.56 Å². The number of carbonyl (C=O) groups is 1. The van der Waals surface area contributed by atoms with E-state index in [1.54, 1.807) is 0 Å². The second-order valence-corrected chi connectivity index (χ2v) is 5.73. The molecule has 0 radical (unpaired) electrons. The number of aliphatic hydroxyl groups excluding tert-OH is 1. The Hall–Kier alpha value is -2.55. The van der Waals surface area contributed by atoms with E-state index in [-0.39, 0.29) is 11.3 Å². The third kappa shape index (κ3) is 2.29. The fourth-order valence-corrected chi connectivity index (χ4v) is 3.12. The summed E-state index contributed by atoms with van der Waals surface area (Å²) in [7, 11) is 0. The van der Waals surface area contributed by atoms with Gasteiger partial charge in [-0.15, -0.1) is 0 Å². The van der Waals surface area contributed by atoms with E-state index in [0.717, 1.165) is 27.8 Å². The SMILES string of the molecule is Cc1cc(C)c(C2=C(O)C(c3ccccc3)OC2=O)c(C)c1. The fourth-order valence-electron chi connectivity index (χ4n) is 3.12. The van der Waals surface area contributed by atoms with Crippen molar-refractivity contribution in [2.24, 2.45) is 0 Å². The Bertz CT molecular complexity index is 750. The van der Waals surface area contributed by atoms with E-state index in [4.69, 9.17) is 4.74 Å². The number of hydrogen-bond donors (Lipinski definition) is 1. The first kappa shape index (κ1) is 14.4. The molecule has 0 bridgehead atoms. The Morgan fingerprint density at radius 3 is 2.18 bits per heavy atom. The van der Waals surface area contributed by atoms with Crippen molar-refractivity contribution < 1.29 is 14.6 Å². The van der Waals surface area contributed by atoms with E-state index < -0.39 is 12.1 Å². The summed E-state index contributed by atoms with van der Waals surface area (Å²) in [5, 5.41) is 10.6. The monoisotopic (exact) mass is 294 g/mol. The van der Waals surface area contributed by atoms with Crippen LogP contribution in [0.4, 0.5) is 0 Å². The van der Waals surface area contributed by atoms with Crippen molar-refractivity contribution in [3.63, 3.8) is 0 Å². The molecule has 112 valence electrons. The van der Waals surface area contributed by atoms with Crippen LogP contribution in [0.1, 0.15) is 33.9 Å². The first-order chi connectivity index (χ1) is 10.5. The number of aryl methyl sites for hydroxylation is 3. The highest BCUT2D eigenvalue weighted by Crippen LogP contribution is 2.40. The van der Waals surface area contributed by atoms with Gasteiger partial charge in [-0.1, -0.05) is 48.0 Å². The van der Waals surface area contributed by atoms with Crippen LogP contribution in [-0.4, -0.2) is 11.1 Å². The Labute approximate surface area is 129 Å². The molecule has 0 amide bonds. The van der Waals surface area contributed by atoms with E-state index in [1.807, 2.05) is 63.2 Å². The topological polar surface area (TPSA) is 46.5 Å². The minimum atomic E-state index is -0.719. The van der Waals surface area contributed by atoms with Gasteiger partial charge in [-0.05, 0) is 37.5 Å². The summed E-state index contributed by atoms with van der Waals surface area (Å²) in [6.45, 7) is 5.90. The Balaban J connectivity index is 2.14. The van der Waals surface area contributed by atoms with Gasteiger partial charge in [0.15, 0.2) is 11.9 Å². The van der Waals surface area contributed by atoms with Crippen LogP contribution in [0.5, 0.6) is 0 Å². The maximum absolute atomic E-state index is 12.3. The number of ether oxygens (including phenoxy) is 1. The van der Waals surface area contributed by atoms with Gasteiger partial charge in [0.05, 0.1) is 0 Å². The minimum absolute atomic E-state index is 0.00810. The number of carbonyl (C=O) groups excluding carboxylic acids is 1. The van der Waals surface area contributed by atoms with Crippen molar-refractivity contribution in [3.05, 3.63) is 76.0 Å². The van der Waals surface area contributed by atoms with Crippen molar-refractivity contribution in [3.8, 4) is 0 Å². The molecule has 0 aliphatic carbocycles. The molecular weight excluding hydrogens is 276 g/mol. The summed E-state index contributed by atoms with van der Waals surface area (Å²) < 4.78 is 5.40. The lowest BCUT2D eigenvalue weighted by Crippen LogP contribution is -2.04. The Morgan fingerprint density at radius 1 is 1.00 bits per heavy atom. The molecule has 1 atom stereocenters. The second-order valence-electron chi connectivity index (χ2n) is 5.73. The molecule has 0 fully saturated rings. The van der Waals surface area contributed by atoms with Crippen LogP contribution in [0.15, 0.2) is 48.2 Å².